The fraction of sp³-hybridized carbons (Fsp3) is 0.185. The molecule has 1 atom stereocenters. The van der Waals surface area contributed by atoms with Gasteiger partial charge in [-0.05, 0) is 42.7 Å². The van der Waals surface area contributed by atoms with E-state index in [0.29, 0.717) is 30.6 Å². The molecule has 6 rings (SSSR count). The van der Waals surface area contributed by atoms with E-state index in [1.165, 1.54) is 0 Å². The van der Waals surface area contributed by atoms with Crippen LogP contribution in [0.2, 0.25) is 0 Å². The van der Waals surface area contributed by atoms with Gasteiger partial charge in [0.2, 0.25) is 11.8 Å². The number of carbonyl (C=O) groups excluding carboxylic acids is 2. The van der Waals surface area contributed by atoms with Crippen LogP contribution in [0.1, 0.15) is 12.0 Å². The smallest absolute Gasteiger partial charge is 0.272 e. The molecule has 1 fully saturated rings. The van der Waals surface area contributed by atoms with Crippen molar-refractivity contribution in [3.63, 3.8) is 0 Å². The van der Waals surface area contributed by atoms with Crippen LogP contribution in [-0.4, -0.2) is 35.1 Å². The number of rotatable bonds is 3. The second-order valence-corrected chi connectivity index (χ2v) is 8.69. The molecule has 2 amide bonds. The van der Waals surface area contributed by atoms with E-state index in [1.54, 1.807) is 15.9 Å². The number of aromatic amines is 1. The molecule has 168 valence electrons. The number of para-hydroxylation sites is 1. The number of hydrogen-bond donors (Lipinski definition) is 1. The topological polar surface area (TPSA) is 86.4 Å². The summed E-state index contributed by atoms with van der Waals surface area (Å²) in [5, 5.41) is 8.16. The molecule has 7 nitrogen and oxygen atoms in total. The Hall–Kier alpha value is -4.26. The summed E-state index contributed by atoms with van der Waals surface area (Å²) in [7, 11) is 0. The molecule has 1 unspecified atom stereocenters. The van der Waals surface area contributed by atoms with E-state index in [0.717, 1.165) is 34.3 Å². The van der Waals surface area contributed by atoms with Gasteiger partial charge in [0.1, 0.15) is 5.92 Å². The first kappa shape index (κ1) is 20.4. The molecule has 0 spiro atoms. The second-order valence-electron chi connectivity index (χ2n) is 8.69. The average Bonchev–Trinajstić information content (AvgIpc) is 3.48. The van der Waals surface area contributed by atoms with Crippen LogP contribution in [0.25, 0.3) is 22.0 Å². The van der Waals surface area contributed by atoms with Gasteiger partial charge in [0.15, 0.2) is 0 Å². The number of hydrogen-bond acceptors (Lipinski definition) is 4. The number of anilines is 2. The zero-order chi connectivity index (χ0) is 23.2. The van der Waals surface area contributed by atoms with Crippen LogP contribution >= 0.6 is 0 Å². The van der Waals surface area contributed by atoms with Crippen molar-refractivity contribution >= 4 is 34.0 Å². The number of fused-ring (bicyclic) bond motifs is 2. The van der Waals surface area contributed by atoms with E-state index in [9.17, 15) is 14.4 Å². The van der Waals surface area contributed by atoms with Crippen LogP contribution in [-0.2, 0) is 16.0 Å². The van der Waals surface area contributed by atoms with E-state index < -0.39 is 5.92 Å². The molecule has 0 saturated carbocycles. The Labute approximate surface area is 195 Å². The van der Waals surface area contributed by atoms with Crippen molar-refractivity contribution in [1.29, 1.82) is 0 Å². The fourth-order valence-electron chi connectivity index (χ4n) is 5.05. The molecule has 1 saturated heterocycles. The molecule has 2 aliphatic heterocycles. The Morgan fingerprint density at radius 2 is 1.62 bits per heavy atom. The van der Waals surface area contributed by atoms with Crippen LogP contribution in [0, 0.1) is 5.92 Å². The van der Waals surface area contributed by atoms with Gasteiger partial charge in [-0.25, -0.2) is 5.10 Å². The zero-order valence-electron chi connectivity index (χ0n) is 18.4. The molecule has 34 heavy (non-hydrogen) atoms. The summed E-state index contributed by atoms with van der Waals surface area (Å²) in [6, 6.07) is 22.7. The molecule has 0 bridgehead atoms. The lowest BCUT2D eigenvalue weighted by molar-refractivity contribution is -0.130. The normalized spacial score (nSPS) is 17.4. The van der Waals surface area contributed by atoms with E-state index >= 15 is 0 Å². The molecule has 7 heteroatoms. The van der Waals surface area contributed by atoms with Gasteiger partial charge in [-0.3, -0.25) is 14.4 Å². The summed E-state index contributed by atoms with van der Waals surface area (Å²) in [6.45, 7) is 1.13. The van der Waals surface area contributed by atoms with Crippen molar-refractivity contribution in [2.45, 2.75) is 12.8 Å². The third-order valence-corrected chi connectivity index (χ3v) is 6.81. The number of amides is 2. The van der Waals surface area contributed by atoms with Gasteiger partial charge in [0, 0.05) is 35.4 Å². The van der Waals surface area contributed by atoms with Crippen molar-refractivity contribution in [2.24, 2.45) is 5.92 Å². The number of aromatic nitrogens is 2. The van der Waals surface area contributed by atoms with Crippen molar-refractivity contribution < 1.29 is 9.59 Å². The first-order valence-corrected chi connectivity index (χ1v) is 11.4. The fourth-order valence-corrected chi connectivity index (χ4v) is 5.05. The summed E-state index contributed by atoms with van der Waals surface area (Å²) < 4.78 is 0. The molecular formula is C27H22N4O3. The minimum Gasteiger partial charge on any atom is -0.312 e. The first-order valence-electron chi connectivity index (χ1n) is 11.4. The minimum atomic E-state index is -0.657. The Balaban J connectivity index is 1.24. The third kappa shape index (κ3) is 3.20. The van der Waals surface area contributed by atoms with Gasteiger partial charge in [0.25, 0.3) is 5.56 Å². The Morgan fingerprint density at radius 3 is 2.44 bits per heavy atom. The monoisotopic (exact) mass is 450 g/mol. The van der Waals surface area contributed by atoms with E-state index in [1.807, 2.05) is 66.7 Å². The Bertz CT molecular complexity index is 1490. The highest BCUT2D eigenvalue weighted by molar-refractivity contribution is 6.14. The largest absolute Gasteiger partial charge is 0.312 e. The van der Waals surface area contributed by atoms with Gasteiger partial charge in [-0.15, -0.1) is 0 Å². The number of nitrogens with one attached hydrogen (secondary N) is 1. The third-order valence-electron chi connectivity index (χ3n) is 6.81. The predicted octanol–water partition coefficient (Wildman–Crippen LogP) is 3.53. The standard InChI is InChI=1S/C27H22N4O3/c32-25-21-7-3-2-6-20(21)24(28-29-25)18-9-11-19(12-10-18)30-16-14-22(26(30)33)27(34)31-15-13-17-5-1-4-8-23(17)31/h1-12,22H,13-16H2,(H,29,32). The minimum absolute atomic E-state index is 0.113. The highest BCUT2D eigenvalue weighted by Gasteiger charge is 2.41. The lowest BCUT2D eigenvalue weighted by Gasteiger charge is -2.21. The summed E-state index contributed by atoms with van der Waals surface area (Å²) >= 11 is 0. The molecule has 1 N–H and O–H groups in total. The quantitative estimate of drug-likeness (QED) is 0.484. The van der Waals surface area contributed by atoms with Crippen molar-refractivity contribution in [3.05, 3.63) is 88.7 Å². The SMILES string of the molecule is O=C1C(C(=O)N2CCc3ccccc32)CCN1c1ccc(-c2n[nH]c(=O)c3ccccc23)cc1. The highest BCUT2D eigenvalue weighted by Crippen LogP contribution is 2.33. The van der Waals surface area contributed by atoms with E-state index in [-0.39, 0.29) is 17.4 Å². The van der Waals surface area contributed by atoms with Crippen LogP contribution in [0.5, 0.6) is 0 Å². The molecule has 0 aliphatic carbocycles. The highest BCUT2D eigenvalue weighted by atomic mass is 16.2. The number of H-pyrrole nitrogens is 1. The average molecular weight is 450 g/mol. The van der Waals surface area contributed by atoms with Crippen molar-refractivity contribution in [1.82, 2.24) is 10.2 Å². The maximum absolute atomic E-state index is 13.2. The number of benzene rings is 3. The lowest BCUT2D eigenvalue weighted by atomic mass is 10.0. The van der Waals surface area contributed by atoms with Gasteiger partial charge in [-0.2, -0.15) is 5.10 Å². The summed E-state index contributed by atoms with van der Waals surface area (Å²) in [6.07, 6.45) is 1.33. The Morgan fingerprint density at radius 1 is 0.882 bits per heavy atom. The molecular weight excluding hydrogens is 428 g/mol. The second kappa shape index (κ2) is 7.95. The van der Waals surface area contributed by atoms with E-state index in [2.05, 4.69) is 10.2 Å². The zero-order valence-corrected chi connectivity index (χ0v) is 18.4. The van der Waals surface area contributed by atoms with Crippen molar-refractivity contribution in [2.75, 3.05) is 22.9 Å². The first-order chi connectivity index (χ1) is 16.6. The Kier molecular flexibility index (Phi) is 4.76. The van der Waals surface area contributed by atoms with Crippen LogP contribution < -0.4 is 15.4 Å². The summed E-state index contributed by atoms with van der Waals surface area (Å²) in [5.41, 5.74) is 4.11. The molecule has 0 radical (unpaired) electrons. The van der Waals surface area contributed by atoms with Crippen LogP contribution in [0.15, 0.2) is 77.6 Å². The predicted molar refractivity (Wildman–Crippen MR) is 131 cm³/mol. The lowest BCUT2D eigenvalue weighted by Crippen LogP contribution is -2.39. The van der Waals surface area contributed by atoms with Crippen LogP contribution in [0.3, 0.4) is 0 Å². The molecule has 3 heterocycles. The van der Waals surface area contributed by atoms with Crippen LogP contribution in [0.4, 0.5) is 11.4 Å². The molecule has 1 aromatic heterocycles. The van der Waals surface area contributed by atoms with Crippen molar-refractivity contribution in [3.8, 4) is 11.3 Å². The van der Waals surface area contributed by atoms with Gasteiger partial charge in [0.05, 0.1) is 11.1 Å². The summed E-state index contributed by atoms with van der Waals surface area (Å²) in [5.74, 6) is -0.927. The molecule has 2 aliphatic rings. The summed E-state index contributed by atoms with van der Waals surface area (Å²) in [4.78, 5) is 42.0. The van der Waals surface area contributed by atoms with Gasteiger partial charge < -0.3 is 9.80 Å². The molecule has 3 aromatic carbocycles. The maximum Gasteiger partial charge on any atom is 0.272 e. The molecule has 4 aromatic rings. The number of carbonyl (C=O) groups is 2. The number of nitrogens with zero attached hydrogens (tertiary/aromatic N) is 3. The van der Waals surface area contributed by atoms with E-state index in [4.69, 9.17) is 0 Å². The van der Waals surface area contributed by atoms with Gasteiger partial charge in [-0.1, -0.05) is 48.5 Å². The van der Waals surface area contributed by atoms with Gasteiger partial charge >= 0.3 is 0 Å². The maximum atomic E-state index is 13.2.